The van der Waals surface area contributed by atoms with Gasteiger partial charge in [0.15, 0.2) is 17.5 Å². The molecule has 0 atom stereocenters. The van der Waals surface area contributed by atoms with Crippen LogP contribution in [0.2, 0.25) is 0 Å². The highest BCUT2D eigenvalue weighted by Gasteiger charge is 2.28. The second kappa shape index (κ2) is 15.7. The molecular formula is C58H37N7. The zero-order chi connectivity index (χ0) is 43.3. The molecule has 9 aromatic carbocycles. The molecule has 0 spiro atoms. The Morgan fingerprint density at radius 2 is 0.877 bits per heavy atom. The molecule has 65 heavy (non-hydrogen) atoms. The highest BCUT2D eigenvalue weighted by Crippen LogP contribution is 2.49. The fourth-order valence-electron chi connectivity index (χ4n) is 9.33. The van der Waals surface area contributed by atoms with Gasteiger partial charge in [-0.15, -0.1) is 0 Å². The van der Waals surface area contributed by atoms with Gasteiger partial charge in [0.25, 0.3) is 0 Å². The minimum atomic E-state index is 0.480. The van der Waals surface area contributed by atoms with E-state index >= 15 is 0 Å². The molecule has 0 radical (unpaired) electrons. The lowest BCUT2D eigenvalue weighted by molar-refractivity contribution is 1.07. The van der Waals surface area contributed by atoms with E-state index in [4.69, 9.17) is 15.0 Å². The average molecular weight is 832 g/mol. The quantitative estimate of drug-likeness (QED) is 0.152. The highest BCUT2D eigenvalue weighted by atomic mass is 15.2. The molecule has 0 fully saturated rings. The Kier molecular flexibility index (Phi) is 9.06. The fraction of sp³-hybridized carbons (Fsp3) is 0. The minimum Gasteiger partial charge on any atom is -0.309 e. The summed E-state index contributed by atoms with van der Waals surface area (Å²) >= 11 is 0. The summed E-state index contributed by atoms with van der Waals surface area (Å²) in [7, 11) is 0. The van der Waals surface area contributed by atoms with E-state index in [9.17, 15) is 5.26 Å². The van der Waals surface area contributed by atoms with Crippen LogP contribution >= 0.6 is 0 Å². The van der Waals surface area contributed by atoms with Gasteiger partial charge in [0.1, 0.15) is 6.07 Å². The molecule has 7 heteroatoms. The summed E-state index contributed by atoms with van der Waals surface area (Å²) in [6.07, 6.45) is 0. The molecular weight excluding hydrogens is 795 g/mol. The first-order valence-corrected chi connectivity index (χ1v) is 21.6. The van der Waals surface area contributed by atoms with Gasteiger partial charge in [-0.05, 0) is 72.8 Å². The van der Waals surface area contributed by atoms with Crippen molar-refractivity contribution in [2.75, 3.05) is 4.90 Å². The predicted octanol–water partition coefficient (Wildman–Crippen LogP) is 14.4. The second-order valence-corrected chi connectivity index (χ2v) is 15.9. The van der Waals surface area contributed by atoms with Gasteiger partial charge < -0.3 is 14.0 Å². The molecule has 0 aliphatic rings. The average Bonchev–Trinajstić information content (AvgIpc) is 3.91. The Morgan fingerprint density at radius 1 is 0.400 bits per heavy atom. The molecule has 0 unspecified atom stereocenters. The van der Waals surface area contributed by atoms with Gasteiger partial charge in [0.2, 0.25) is 0 Å². The Bertz CT molecular complexity index is 3670. The number of para-hydroxylation sites is 5. The number of fused-ring (bicyclic) bond motifs is 7. The van der Waals surface area contributed by atoms with Crippen LogP contribution in [0.15, 0.2) is 224 Å². The van der Waals surface area contributed by atoms with Crippen LogP contribution in [0, 0.1) is 11.3 Å². The summed E-state index contributed by atoms with van der Waals surface area (Å²) in [5, 5.41) is 15.7. The summed E-state index contributed by atoms with van der Waals surface area (Å²) in [6.45, 7) is 0. The van der Waals surface area contributed by atoms with Crippen LogP contribution in [0.1, 0.15) is 5.56 Å². The van der Waals surface area contributed by atoms with Crippen molar-refractivity contribution >= 4 is 60.7 Å². The molecule has 12 aromatic rings. The lowest BCUT2D eigenvalue weighted by Crippen LogP contribution is -2.12. The first-order chi connectivity index (χ1) is 32.2. The van der Waals surface area contributed by atoms with E-state index in [0.717, 1.165) is 83.2 Å². The summed E-state index contributed by atoms with van der Waals surface area (Å²) in [4.78, 5) is 17.3. The summed E-state index contributed by atoms with van der Waals surface area (Å²) in [5.74, 6) is 1.60. The standard InChI is InChI=1S/C58H37N7/c59-38-42-36-41(58-61-56(39-20-6-1-7-21-39)60-57(62-58)40-22-8-2-9-23-40)34-35-49(42)65-51-33-19-17-31-47(51)53-54-48(46-30-16-18-32-50(46)64(54)45-28-14-5-15-29-45)37-52(55(53)65)63(43-24-10-3-11-25-43)44-26-12-4-13-27-44/h1-37H. The van der Waals surface area contributed by atoms with Crippen molar-refractivity contribution in [1.29, 1.82) is 5.26 Å². The summed E-state index contributed by atoms with van der Waals surface area (Å²) in [6, 6.07) is 79.7. The molecule has 0 aliphatic carbocycles. The van der Waals surface area contributed by atoms with E-state index in [0.29, 0.717) is 28.6 Å². The second-order valence-electron chi connectivity index (χ2n) is 15.9. The number of nitrogens with zero attached hydrogens (tertiary/aromatic N) is 7. The van der Waals surface area contributed by atoms with Gasteiger partial charge in [0.05, 0.1) is 39.0 Å². The van der Waals surface area contributed by atoms with Crippen molar-refractivity contribution in [2.45, 2.75) is 0 Å². The topological polar surface area (TPSA) is 75.6 Å². The Morgan fingerprint density at radius 3 is 1.45 bits per heavy atom. The van der Waals surface area contributed by atoms with Crippen LogP contribution < -0.4 is 4.90 Å². The number of aromatic nitrogens is 5. The molecule has 12 rings (SSSR count). The molecule has 3 aromatic heterocycles. The van der Waals surface area contributed by atoms with Crippen LogP contribution in [-0.2, 0) is 0 Å². The van der Waals surface area contributed by atoms with Crippen molar-refractivity contribution in [3.05, 3.63) is 230 Å². The van der Waals surface area contributed by atoms with Crippen molar-refractivity contribution in [1.82, 2.24) is 24.1 Å². The number of benzene rings is 9. The number of anilines is 3. The van der Waals surface area contributed by atoms with Crippen molar-refractivity contribution in [3.63, 3.8) is 0 Å². The lowest BCUT2D eigenvalue weighted by Gasteiger charge is -2.27. The van der Waals surface area contributed by atoms with Crippen LogP contribution in [0.4, 0.5) is 17.1 Å². The number of hydrogen-bond acceptors (Lipinski definition) is 5. The zero-order valence-corrected chi connectivity index (χ0v) is 35.0. The van der Waals surface area contributed by atoms with Crippen molar-refractivity contribution < 1.29 is 0 Å². The monoisotopic (exact) mass is 831 g/mol. The largest absolute Gasteiger partial charge is 0.309 e. The predicted molar refractivity (Wildman–Crippen MR) is 264 cm³/mol. The molecule has 3 heterocycles. The third-order valence-corrected chi connectivity index (χ3v) is 12.1. The van der Waals surface area contributed by atoms with Crippen molar-refractivity contribution in [2.24, 2.45) is 0 Å². The summed E-state index contributed by atoms with van der Waals surface area (Å²) in [5.41, 5.74) is 11.9. The lowest BCUT2D eigenvalue weighted by atomic mass is 10.0. The highest BCUT2D eigenvalue weighted by molar-refractivity contribution is 6.29. The van der Waals surface area contributed by atoms with E-state index in [-0.39, 0.29) is 0 Å². The summed E-state index contributed by atoms with van der Waals surface area (Å²) < 4.78 is 4.68. The number of hydrogen-bond donors (Lipinski definition) is 0. The van der Waals surface area contributed by atoms with Crippen molar-refractivity contribution in [3.8, 4) is 51.6 Å². The van der Waals surface area contributed by atoms with Crippen LogP contribution in [-0.4, -0.2) is 24.1 Å². The van der Waals surface area contributed by atoms with E-state index in [2.05, 4.69) is 166 Å². The van der Waals surface area contributed by atoms with Crippen LogP contribution in [0.5, 0.6) is 0 Å². The molecule has 7 nitrogen and oxygen atoms in total. The fourth-order valence-corrected chi connectivity index (χ4v) is 9.33. The number of rotatable bonds is 8. The Balaban J connectivity index is 1.19. The molecule has 0 amide bonds. The van der Waals surface area contributed by atoms with Gasteiger partial charge >= 0.3 is 0 Å². The van der Waals surface area contributed by atoms with Gasteiger partial charge in [-0.25, -0.2) is 15.0 Å². The zero-order valence-electron chi connectivity index (χ0n) is 35.0. The normalized spacial score (nSPS) is 11.4. The maximum absolute atomic E-state index is 11.3. The molecule has 0 aliphatic heterocycles. The Labute approximate surface area is 375 Å². The van der Waals surface area contributed by atoms with E-state index in [1.165, 1.54) is 0 Å². The maximum atomic E-state index is 11.3. The van der Waals surface area contributed by atoms with Crippen LogP contribution in [0.3, 0.4) is 0 Å². The van der Waals surface area contributed by atoms with Gasteiger partial charge in [-0.1, -0.05) is 152 Å². The SMILES string of the molecule is N#Cc1cc(-c2nc(-c3ccccc3)nc(-c3ccccc3)n2)ccc1-n1c2ccccc2c2c1c(N(c1ccccc1)c1ccccc1)cc1c3ccccc3n(-c3ccccc3)c12. The Hall–Kier alpha value is -9.12. The van der Waals surface area contributed by atoms with E-state index in [1.807, 2.05) is 78.9 Å². The number of nitriles is 1. The molecule has 0 bridgehead atoms. The first-order valence-electron chi connectivity index (χ1n) is 21.6. The first kappa shape index (κ1) is 37.6. The smallest absolute Gasteiger partial charge is 0.164 e. The minimum absolute atomic E-state index is 0.480. The maximum Gasteiger partial charge on any atom is 0.164 e. The molecule has 0 N–H and O–H groups in total. The van der Waals surface area contributed by atoms with Gasteiger partial charge in [0, 0.05) is 55.3 Å². The molecule has 0 saturated heterocycles. The van der Waals surface area contributed by atoms with Crippen LogP contribution in [0.25, 0.3) is 89.2 Å². The molecule has 304 valence electrons. The third-order valence-electron chi connectivity index (χ3n) is 12.1. The van der Waals surface area contributed by atoms with Gasteiger partial charge in [-0.3, -0.25) is 0 Å². The molecule has 0 saturated carbocycles. The van der Waals surface area contributed by atoms with E-state index in [1.54, 1.807) is 0 Å². The van der Waals surface area contributed by atoms with Gasteiger partial charge in [-0.2, -0.15) is 5.26 Å². The third kappa shape index (κ3) is 6.32. The van der Waals surface area contributed by atoms with E-state index < -0.39 is 0 Å².